The van der Waals surface area contributed by atoms with Crippen LogP contribution in [0.2, 0.25) is 0 Å². The highest BCUT2D eigenvalue weighted by atomic mass is 16.1. The monoisotopic (exact) mass is 297 g/mol. The van der Waals surface area contributed by atoms with Crippen molar-refractivity contribution in [2.75, 3.05) is 11.1 Å². The smallest absolute Gasteiger partial charge is 0.227 e. The van der Waals surface area contributed by atoms with Crippen LogP contribution in [0.15, 0.2) is 30.4 Å². The summed E-state index contributed by atoms with van der Waals surface area (Å²) >= 11 is 0. The van der Waals surface area contributed by atoms with Crippen LogP contribution in [0.25, 0.3) is 16.9 Å². The van der Waals surface area contributed by atoms with Crippen LogP contribution in [-0.4, -0.2) is 20.4 Å². The highest BCUT2D eigenvalue weighted by Crippen LogP contribution is 2.28. The van der Waals surface area contributed by atoms with Crippen molar-refractivity contribution in [2.45, 2.75) is 27.2 Å². The fraction of sp³-hybridized carbons (Fsp3) is 0.312. The summed E-state index contributed by atoms with van der Waals surface area (Å²) < 4.78 is 1.81. The zero-order valence-electron chi connectivity index (χ0n) is 12.9. The van der Waals surface area contributed by atoms with E-state index < -0.39 is 0 Å². The Morgan fingerprint density at radius 3 is 2.64 bits per heavy atom. The number of nitrogens with two attached hydrogens (primary N) is 1. The molecule has 0 spiro atoms. The van der Waals surface area contributed by atoms with Gasteiger partial charge < -0.3 is 5.73 Å². The molecule has 6 nitrogen and oxygen atoms in total. The van der Waals surface area contributed by atoms with E-state index in [1.165, 1.54) is 0 Å². The minimum Gasteiger partial charge on any atom is -0.384 e. The van der Waals surface area contributed by atoms with E-state index in [2.05, 4.69) is 15.3 Å². The zero-order valence-corrected chi connectivity index (χ0v) is 12.9. The van der Waals surface area contributed by atoms with Gasteiger partial charge in [-0.05, 0) is 29.7 Å². The van der Waals surface area contributed by atoms with Gasteiger partial charge in [0, 0.05) is 6.42 Å². The molecule has 6 heteroatoms. The first kappa shape index (κ1) is 14.3. The average molecular weight is 297 g/mol. The number of pyridine rings is 1. The number of nitrogens with zero attached hydrogens (tertiary/aromatic N) is 3. The number of carbonyl (C=O) groups excluding carboxylic acids is 1. The first-order valence-corrected chi connectivity index (χ1v) is 7.17. The molecule has 2 aromatic heterocycles. The number of imidazole rings is 1. The molecule has 114 valence electrons. The lowest BCUT2D eigenvalue weighted by Gasteiger charge is -2.18. The van der Waals surface area contributed by atoms with Crippen molar-refractivity contribution >= 4 is 34.5 Å². The maximum Gasteiger partial charge on any atom is 0.227 e. The molecular formula is C16H19N5O. The van der Waals surface area contributed by atoms with Crippen LogP contribution in [0.3, 0.4) is 0 Å². The number of hydrogen-bond acceptors (Lipinski definition) is 4. The molecule has 0 atom stereocenters. The molecule has 0 fully saturated rings. The lowest BCUT2D eigenvalue weighted by Crippen LogP contribution is -2.21. The molecule has 0 saturated carbocycles. The Hall–Kier alpha value is -2.63. The number of fused-ring (bicyclic) bond motifs is 1. The second-order valence-electron chi connectivity index (χ2n) is 6.59. The Morgan fingerprint density at radius 2 is 2.05 bits per heavy atom. The van der Waals surface area contributed by atoms with E-state index in [4.69, 9.17) is 5.73 Å². The molecule has 0 bridgehead atoms. The van der Waals surface area contributed by atoms with Crippen molar-refractivity contribution in [3.8, 4) is 0 Å². The van der Waals surface area contributed by atoms with Crippen LogP contribution < -0.4 is 11.1 Å². The van der Waals surface area contributed by atoms with Crippen LogP contribution in [0.5, 0.6) is 0 Å². The second-order valence-corrected chi connectivity index (χ2v) is 6.59. The largest absolute Gasteiger partial charge is 0.384 e. The predicted molar refractivity (Wildman–Crippen MR) is 88.1 cm³/mol. The fourth-order valence-corrected chi connectivity index (χ4v) is 2.28. The van der Waals surface area contributed by atoms with E-state index in [1.807, 2.05) is 43.6 Å². The Morgan fingerprint density at radius 1 is 1.32 bits per heavy atom. The second kappa shape index (κ2) is 4.98. The number of carbonyl (C=O) groups is 1. The van der Waals surface area contributed by atoms with Crippen molar-refractivity contribution in [2.24, 2.45) is 5.41 Å². The summed E-state index contributed by atoms with van der Waals surface area (Å²) in [6.45, 7) is 6.07. The van der Waals surface area contributed by atoms with Gasteiger partial charge in [-0.2, -0.15) is 0 Å². The van der Waals surface area contributed by atoms with E-state index >= 15 is 0 Å². The summed E-state index contributed by atoms with van der Waals surface area (Å²) in [5.74, 6) is 0.823. The lowest BCUT2D eigenvalue weighted by atomic mass is 9.92. The first-order chi connectivity index (χ1) is 10.3. The van der Waals surface area contributed by atoms with Gasteiger partial charge in [0.15, 0.2) is 5.65 Å². The van der Waals surface area contributed by atoms with Crippen molar-refractivity contribution in [1.29, 1.82) is 0 Å². The third kappa shape index (κ3) is 2.72. The maximum atomic E-state index is 12.2. The van der Waals surface area contributed by atoms with Gasteiger partial charge in [-0.25, -0.2) is 9.97 Å². The summed E-state index contributed by atoms with van der Waals surface area (Å²) in [6, 6.07) is 3.50. The molecule has 0 unspecified atom stereocenters. The molecule has 0 aliphatic heterocycles. The third-order valence-electron chi connectivity index (χ3n) is 3.26. The van der Waals surface area contributed by atoms with Gasteiger partial charge in [-0.15, -0.1) is 0 Å². The first-order valence-electron chi connectivity index (χ1n) is 7.17. The quantitative estimate of drug-likeness (QED) is 0.912. The molecule has 1 aliphatic carbocycles. The molecule has 0 saturated heterocycles. The number of aromatic nitrogens is 3. The van der Waals surface area contributed by atoms with Gasteiger partial charge in [0.1, 0.15) is 11.3 Å². The van der Waals surface area contributed by atoms with Crippen molar-refractivity contribution < 1.29 is 4.79 Å². The Bertz CT molecular complexity index is 808. The normalized spacial score (nSPS) is 13.9. The summed E-state index contributed by atoms with van der Waals surface area (Å²) in [6.07, 6.45) is 6.21. The van der Waals surface area contributed by atoms with E-state index in [9.17, 15) is 4.79 Å². The third-order valence-corrected chi connectivity index (χ3v) is 3.26. The van der Waals surface area contributed by atoms with Crippen LogP contribution in [0.1, 0.15) is 27.2 Å². The molecule has 0 aromatic carbocycles. The summed E-state index contributed by atoms with van der Waals surface area (Å²) in [5.41, 5.74) is 7.94. The van der Waals surface area contributed by atoms with Gasteiger partial charge in [0.25, 0.3) is 0 Å². The van der Waals surface area contributed by atoms with Crippen molar-refractivity contribution in [3.63, 3.8) is 0 Å². The van der Waals surface area contributed by atoms with E-state index in [0.29, 0.717) is 29.4 Å². The van der Waals surface area contributed by atoms with Gasteiger partial charge in [0.2, 0.25) is 11.9 Å². The van der Waals surface area contributed by atoms with E-state index in [1.54, 1.807) is 12.1 Å². The van der Waals surface area contributed by atoms with Gasteiger partial charge in [-0.3, -0.25) is 14.7 Å². The Labute approximate surface area is 128 Å². The zero-order chi connectivity index (χ0) is 15.9. The number of anilines is 2. The van der Waals surface area contributed by atoms with Crippen molar-refractivity contribution in [3.05, 3.63) is 30.4 Å². The summed E-state index contributed by atoms with van der Waals surface area (Å²) in [4.78, 5) is 21.0. The molecule has 3 N–H and O–H groups in total. The predicted octanol–water partition coefficient (Wildman–Crippen LogP) is 2.80. The van der Waals surface area contributed by atoms with Crippen molar-refractivity contribution in [1.82, 2.24) is 14.5 Å². The number of allylic oxidation sites excluding steroid dienone is 4. The maximum absolute atomic E-state index is 12.2. The molecule has 1 amide bonds. The molecular weight excluding hydrogens is 278 g/mol. The molecule has 2 heterocycles. The van der Waals surface area contributed by atoms with Gasteiger partial charge >= 0.3 is 0 Å². The molecule has 1 aliphatic rings. The topological polar surface area (TPSA) is 85.8 Å². The minimum absolute atomic E-state index is 0.0686. The van der Waals surface area contributed by atoms with E-state index in [-0.39, 0.29) is 11.3 Å². The van der Waals surface area contributed by atoms with Crippen LogP contribution >= 0.6 is 0 Å². The standard InChI is InChI=1S/C16H19N5O/c1-16(2,3)9-13(22)20-15-18-11-7-8-12(17)19-14(11)21(15)10-5-4-6-10/h4-8H,9H2,1-3H3,(H2,17,19)(H,18,20,22). The number of nitrogens with one attached hydrogen (secondary N) is 1. The Kier molecular flexibility index (Phi) is 3.24. The van der Waals surface area contributed by atoms with E-state index in [0.717, 1.165) is 5.70 Å². The molecule has 0 radical (unpaired) electrons. The van der Waals surface area contributed by atoms with Gasteiger partial charge in [-0.1, -0.05) is 26.8 Å². The fourth-order valence-electron chi connectivity index (χ4n) is 2.28. The van der Waals surface area contributed by atoms with Crippen LogP contribution in [-0.2, 0) is 4.79 Å². The minimum atomic E-state index is -0.0841. The SMILES string of the molecule is CC(C)(C)CC(=O)Nc1nc2ccc(N)nc2n1C1=CC=C1. The Balaban J connectivity index is 2.00. The summed E-state index contributed by atoms with van der Waals surface area (Å²) in [5, 5.41) is 2.88. The molecule has 3 rings (SSSR count). The van der Waals surface area contributed by atoms with Gasteiger partial charge in [0.05, 0.1) is 5.70 Å². The number of hydrogen-bond donors (Lipinski definition) is 2. The number of amides is 1. The van der Waals surface area contributed by atoms with Crippen LogP contribution in [0, 0.1) is 5.41 Å². The average Bonchev–Trinajstić information content (AvgIpc) is 2.63. The lowest BCUT2D eigenvalue weighted by molar-refractivity contribution is -0.117. The highest BCUT2D eigenvalue weighted by molar-refractivity contribution is 5.94. The summed E-state index contributed by atoms with van der Waals surface area (Å²) in [7, 11) is 0. The molecule has 2 aromatic rings. The highest BCUT2D eigenvalue weighted by Gasteiger charge is 2.21. The van der Waals surface area contributed by atoms with Crippen LogP contribution in [0.4, 0.5) is 11.8 Å². The number of rotatable bonds is 3. The number of nitrogen functional groups attached to an aromatic ring is 1. The molecule has 22 heavy (non-hydrogen) atoms.